The number of rotatable bonds is 5. The van der Waals surface area contributed by atoms with E-state index in [0.29, 0.717) is 12.6 Å². The van der Waals surface area contributed by atoms with Gasteiger partial charge in [-0.2, -0.15) is 0 Å². The van der Waals surface area contributed by atoms with E-state index in [0.717, 1.165) is 18.5 Å². The van der Waals surface area contributed by atoms with Gasteiger partial charge in [0.2, 0.25) is 5.91 Å². The Morgan fingerprint density at radius 2 is 2.38 bits per heavy atom. The highest BCUT2D eigenvalue weighted by atomic mass is 16.2. The number of pyridine rings is 1. The Kier molecular flexibility index (Phi) is 3.51. The van der Waals surface area contributed by atoms with Crippen molar-refractivity contribution in [1.82, 2.24) is 15.6 Å². The molecule has 1 fully saturated rings. The van der Waals surface area contributed by atoms with Gasteiger partial charge in [-0.3, -0.25) is 9.78 Å². The molecule has 1 aromatic heterocycles. The first-order chi connectivity index (χ1) is 7.75. The SMILES string of the molecule is CC(NCC(=O)NC1CC1)c1ccccn1. The van der Waals surface area contributed by atoms with E-state index in [1.165, 1.54) is 0 Å². The molecule has 1 atom stereocenters. The lowest BCUT2D eigenvalue weighted by Gasteiger charge is -2.12. The van der Waals surface area contributed by atoms with E-state index in [1.54, 1.807) is 6.20 Å². The Hall–Kier alpha value is -1.42. The van der Waals surface area contributed by atoms with Gasteiger partial charge in [0.15, 0.2) is 0 Å². The molecule has 0 aromatic carbocycles. The Balaban J connectivity index is 1.74. The molecule has 4 nitrogen and oxygen atoms in total. The van der Waals surface area contributed by atoms with Crippen molar-refractivity contribution < 1.29 is 4.79 Å². The summed E-state index contributed by atoms with van der Waals surface area (Å²) in [7, 11) is 0. The molecular weight excluding hydrogens is 202 g/mol. The van der Waals surface area contributed by atoms with Crippen LogP contribution in [0.2, 0.25) is 0 Å². The lowest BCUT2D eigenvalue weighted by Crippen LogP contribution is -2.36. The summed E-state index contributed by atoms with van der Waals surface area (Å²) in [5, 5.41) is 6.10. The first-order valence-corrected chi connectivity index (χ1v) is 5.69. The Morgan fingerprint density at radius 1 is 1.56 bits per heavy atom. The summed E-state index contributed by atoms with van der Waals surface area (Å²) in [5.74, 6) is 0.0743. The minimum absolute atomic E-state index is 0.0743. The third-order valence-corrected chi connectivity index (χ3v) is 2.64. The molecule has 0 radical (unpaired) electrons. The van der Waals surface area contributed by atoms with Crippen molar-refractivity contribution in [3.8, 4) is 0 Å². The van der Waals surface area contributed by atoms with Crippen molar-refractivity contribution in [3.63, 3.8) is 0 Å². The van der Waals surface area contributed by atoms with Crippen molar-refractivity contribution in [1.29, 1.82) is 0 Å². The highest BCUT2D eigenvalue weighted by Crippen LogP contribution is 2.18. The van der Waals surface area contributed by atoms with E-state index in [1.807, 2.05) is 25.1 Å². The fourth-order valence-electron chi connectivity index (χ4n) is 1.49. The van der Waals surface area contributed by atoms with Crippen molar-refractivity contribution in [2.45, 2.75) is 31.8 Å². The number of carbonyl (C=O) groups is 1. The second-order valence-corrected chi connectivity index (χ2v) is 4.20. The number of nitrogens with one attached hydrogen (secondary N) is 2. The lowest BCUT2D eigenvalue weighted by atomic mass is 10.2. The summed E-state index contributed by atoms with van der Waals surface area (Å²) >= 11 is 0. The second-order valence-electron chi connectivity index (χ2n) is 4.20. The quantitative estimate of drug-likeness (QED) is 0.777. The maximum Gasteiger partial charge on any atom is 0.234 e. The molecule has 86 valence electrons. The molecule has 0 saturated heterocycles. The van der Waals surface area contributed by atoms with Gasteiger partial charge in [-0.15, -0.1) is 0 Å². The average molecular weight is 219 g/mol. The van der Waals surface area contributed by atoms with E-state index < -0.39 is 0 Å². The van der Waals surface area contributed by atoms with Gasteiger partial charge in [0.25, 0.3) is 0 Å². The summed E-state index contributed by atoms with van der Waals surface area (Å²) in [6.45, 7) is 2.36. The van der Waals surface area contributed by atoms with Crippen LogP contribution < -0.4 is 10.6 Å². The zero-order valence-corrected chi connectivity index (χ0v) is 9.44. The molecule has 1 unspecified atom stereocenters. The number of nitrogens with zero attached hydrogens (tertiary/aromatic N) is 1. The predicted octanol–water partition coefficient (Wildman–Crippen LogP) is 1.01. The van der Waals surface area contributed by atoms with Gasteiger partial charge >= 0.3 is 0 Å². The molecule has 16 heavy (non-hydrogen) atoms. The van der Waals surface area contributed by atoms with Gasteiger partial charge in [-0.05, 0) is 31.9 Å². The molecule has 1 heterocycles. The van der Waals surface area contributed by atoms with Crippen LogP contribution in [0.4, 0.5) is 0 Å². The topological polar surface area (TPSA) is 54.0 Å². The summed E-state index contributed by atoms with van der Waals surface area (Å²) in [6, 6.07) is 6.32. The summed E-state index contributed by atoms with van der Waals surface area (Å²) in [5.41, 5.74) is 0.960. The standard InChI is InChI=1S/C12H17N3O/c1-9(11-4-2-3-7-13-11)14-8-12(16)15-10-5-6-10/h2-4,7,9-10,14H,5-6,8H2,1H3,(H,15,16). The fraction of sp³-hybridized carbons (Fsp3) is 0.500. The fourth-order valence-corrected chi connectivity index (χ4v) is 1.49. The van der Waals surface area contributed by atoms with Gasteiger partial charge in [0.1, 0.15) is 0 Å². The van der Waals surface area contributed by atoms with E-state index >= 15 is 0 Å². The Bertz CT molecular complexity index is 349. The van der Waals surface area contributed by atoms with Crippen LogP contribution in [0.5, 0.6) is 0 Å². The average Bonchev–Trinajstić information content (AvgIpc) is 3.11. The number of carbonyl (C=O) groups excluding carboxylic acids is 1. The van der Waals surface area contributed by atoms with Crippen LogP contribution in [0.25, 0.3) is 0 Å². The number of hydrogen-bond acceptors (Lipinski definition) is 3. The molecule has 2 N–H and O–H groups in total. The van der Waals surface area contributed by atoms with Crippen LogP contribution in [0.3, 0.4) is 0 Å². The Labute approximate surface area is 95.5 Å². The summed E-state index contributed by atoms with van der Waals surface area (Å²) in [6.07, 6.45) is 4.01. The van der Waals surface area contributed by atoms with Gasteiger partial charge in [-0.25, -0.2) is 0 Å². The van der Waals surface area contributed by atoms with E-state index in [-0.39, 0.29) is 11.9 Å². The molecule has 0 aliphatic heterocycles. The number of aromatic nitrogens is 1. The van der Waals surface area contributed by atoms with Gasteiger partial charge in [0, 0.05) is 18.3 Å². The smallest absolute Gasteiger partial charge is 0.234 e. The van der Waals surface area contributed by atoms with Crippen LogP contribution in [0.1, 0.15) is 31.5 Å². The van der Waals surface area contributed by atoms with E-state index in [9.17, 15) is 4.79 Å². The largest absolute Gasteiger partial charge is 0.352 e. The first kappa shape index (κ1) is 11.1. The molecule has 1 aromatic rings. The highest BCUT2D eigenvalue weighted by Gasteiger charge is 2.23. The minimum atomic E-state index is 0.0743. The maximum atomic E-state index is 11.4. The Morgan fingerprint density at radius 3 is 3.00 bits per heavy atom. The second kappa shape index (κ2) is 5.07. The first-order valence-electron chi connectivity index (χ1n) is 5.69. The molecule has 1 aliphatic carbocycles. The third kappa shape index (κ3) is 3.31. The minimum Gasteiger partial charge on any atom is -0.352 e. The van der Waals surface area contributed by atoms with Crippen LogP contribution in [0, 0.1) is 0 Å². The zero-order valence-electron chi connectivity index (χ0n) is 9.44. The molecule has 0 bridgehead atoms. The molecule has 1 aliphatic rings. The van der Waals surface area contributed by atoms with Crippen LogP contribution in [0.15, 0.2) is 24.4 Å². The lowest BCUT2D eigenvalue weighted by molar-refractivity contribution is -0.120. The van der Waals surface area contributed by atoms with Crippen LogP contribution in [-0.4, -0.2) is 23.5 Å². The van der Waals surface area contributed by atoms with Gasteiger partial charge in [-0.1, -0.05) is 6.07 Å². The third-order valence-electron chi connectivity index (χ3n) is 2.64. The molecular formula is C12H17N3O. The van der Waals surface area contributed by atoms with Crippen LogP contribution in [-0.2, 0) is 4.79 Å². The number of hydrogen-bond donors (Lipinski definition) is 2. The zero-order chi connectivity index (χ0) is 11.4. The normalized spacial score (nSPS) is 16.8. The van der Waals surface area contributed by atoms with E-state index in [4.69, 9.17) is 0 Å². The molecule has 0 spiro atoms. The predicted molar refractivity (Wildman–Crippen MR) is 61.8 cm³/mol. The van der Waals surface area contributed by atoms with Crippen molar-refractivity contribution >= 4 is 5.91 Å². The molecule has 2 rings (SSSR count). The maximum absolute atomic E-state index is 11.4. The molecule has 1 amide bonds. The van der Waals surface area contributed by atoms with E-state index in [2.05, 4.69) is 15.6 Å². The van der Waals surface area contributed by atoms with Crippen LogP contribution >= 0.6 is 0 Å². The molecule has 4 heteroatoms. The summed E-state index contributed by atoms with van der Waals surface area (Å²) < 4.78 is 0. The highest BCUT2D eigenvalue weighted by molar-refractivity contribution is 5.78. The molecule has 1 saturated carbocycles. The summed E-state index contributed by atoms with van der Waals surface area (Å²) in [4.78, 5) is 15.7. The van der Waals surface area contributed by atoms with Crippen molar-refractivity contribution in [3.05, 3.63) is 30.1 Å². The van der Waals surface area contributed by atoms with Gasteiger partial charge in [0.05, 0.1) is 12.2 Å². The monoisotopic (exact) mass is 219 g/mol. The van der Waals surface area contributed by atoms with Crippen molar-refractivity contribution in [2.75, 3.05) is 6.54 Å². The van der Waals surface area contributed by atoms with Crippen molar-refractivity contribution in [2.24, 2.45) is 0 Å². The number of amides is 1. The van der Waals surface area contributed by atoms with Gasteiger partial charge < -0.3 is 10.6 Å².